The molecule has 6 nitrogen and oxygen atoms in total. The van der Waals surface area contributed by atoms with Crippen LogP contribution in [0.1, 0.15) is 22.4 Å². The molecule has 0 atom stereocenters. The van der Waals surface area contributed by atoms with Crippen LogP contribution in [-0.2, 0) is 24.2 Å². The number of hydrogen-bond donors (Lipinski definition) is 2. The molecule has 0 spiro atoms. The number of benzene rings is 1. The SMILES string of the molecule is CCc1cnc(CCNC(=NCc2ccccc2)NCC(=O)N(C)C)s1. The molecule has 1 aromatic heterocycles. The lowest BCUT2D eigenvalue weighted by Gasteiger charge is -2.14. The van der Waals surface area contributed by atoms with E-state index in [1.165, 1.54) is 4.88 Å². The first-order valence-electron chi connectivity index (χ1n) is 8.78. The Balaban J connectivity index is 1.91. The number of carbonyl (C=O) groups excluding carboxylic acids is 1. The van der Waals surface area contributed by atoms with Gasteiger partial charge in [-0.3, -0.25) is 4.79 Å². The van der Waals surface area contributed by atoms with Crippen molar-refractivity contribution in [3.63, 3.8) is 0 Å². The zero-order valence-corrected chi connectivity index (χ0v) is 16.5. The van der Waals surface area contributed by atoms with E-state index in [1.807, 2.05) is 36.5 Å². The zero-order valence-electron chi connectivity index (χ0n) is 15.7. The fourth-order valence-corrected chi connectivity index (χ4v) is 3.02. The molecule has 1 amide bonds. The van der Waals surface area contributed by atoms with E-state index in [2.05, 4.69) is 27.5 Å². The van der Waals surface area contributed by atoms with Gasteiger partial charge in [0.05, 0.1) is 18.1 Å². The van der Waals surface area contributed by atoms with E-state index in [1.54, 1.807) is 30.3 Å². The van der Waals surface area contributed by atoms with Gasteiger partial charge in [-0.1, -0.05) is 37.3 Å². The van der Waals surface area contributed by atoms with Gasteiger partial charge in [-0.2, -0.15) is 0 Å². The van der Waals surface area contributed by atoms with E-state index in [0.29, 0.717) is 19.0 Å². The van der Waals surface area contributed by atoms with Crippen LogP contribution >= 0.6 is 11.3 Å². The van der Waals surface area contributed by atoms with Crippen molar-refractivity contribution in [3.8, 4) is 0 Å². The summed E-state index contributed by atoms with van der Waals surface area (Å²) in [6.07, 6.45) is 3.79. The second kappa shape index (κ2) is 10.6. The molecule has 0 aliphatic rings. The number of carbonyl (C=O) groups is 1. The summed E-state index contributed by atoms with van der Waals surface area (Å²) in [4.78, 5) is 23.7. The third-order valence-electron chi connectivity index (χ3n) is 3.75. The number of hydrogen-bond acceptors (Lipinski definition) is 4. The predicted octanol–water partition coefficient (Wildman–Crippen LogP) is 2.07. The minimum atomic E-state index is 0.00622. The summed E-state index contributed by atoms with van der Waals surface area (Å²) in [5.41, 5.74) is 1.13. The van der Waals surface area contributed by atoms with Gasteiger partial charge in [0.15, 0.2) is 5.96 Å². The fourth-order valence-electron chi connectivity index (χ4n) is 2.16. The zero-order chi connectivity index (χ0) is 18.8. The summed E-state index contributed by atoms with van der Waals surface area (Å²) < 4.78 is 0. The monoisotopic (exact) mass is 373 g/mol. The maximum atomic E-state index is 11.8. The summed E-state index contributed by atoms with van der Waals surface area (Å²) in [7, 11) is 3.48. The molecule has 0 unspecified atom stereocenters. The summed E-state index contributed by atoms with van der Waals surface area (Å²) in [5, 5.41) is 7.51. The normalized spacial score (nSPS) is 11.3. The Kier molecular flexibility index (Phi) is 8.08. The maximum absolute atomic E-state index is 11.8. The van der Waals surface area contributed by atoms with Gasteiger partial charge in [0.25, 0.3) is 0 Å². The molecule has 0 saturated heterocycles. The first-order chi connectivity index (χ1) is 12.6. The van der Waals surface area contributed by atoms with Crippen LogP contribution in [0, 0.1) is 0 Å². The summed E-state index contributed by atoms with van der Waals surface area (Å²) >= 11 is 1.74. The molecule has 2 rings (SSSR count). The molecular weight excluding hydrogens is 346 g/mol. The van der Waals surface area contributed by atoms with E-state index in [4.69, 9.17) is 0 Å². The highest BCUT2D eigenvalue weighted by Crippen LogP contribution is 2.13. The largest absolute Gasteiger partial charge is 0.356 e. The van der Waals surface area contributed by atoms with Crippen LogP contribution < -0.4 is 10.6 Å². The van der Waals surface area contributed by atoms with Gasteiger partial charge in [0.1, 0.15) is 0 Å². The van der Waals surface area contributed by atoms with Crippen molar-refractivity contribution in [2.45, 2.75) is 26.3 Å². The van der Waals surface area contributed by atoms with E-state index in [0.717, 1.165) is 23.4 Å². The number of amides is 1. The number of nitrogens with zero attached hydrogens (tertiary/aromatic N) is 3. The van der Waals surface area contributed by atoms with Crippen molar-refractivity contribution in [3.05, 3.63) is 52.0 Å². The van der Waals surface area contributed by atoms with Crippen LogP contribution in [0.15, 0.2) is 41.5 Å². The molecule has 0 aliphatic heterocycles. The van der Waals surface area contributed by atoms with Crippen molar-refractivity contribution < 1.29 is 4.79 Å². The van der Waals surface area contributed by atoms with Crippen molar-refractivity contribution in [1.82, 2.24) is 20.5 Å². The molecule has 1 aromatic carbocycles. The van der Waals surface area contributed by atoms with E-state index in [9.17, 15) is 4.79 Å². The van der Waals surface area contributed by atoms with Crippen molar-refractivity contribution in [2.75, 3.05) is 27.2 Å². The van der Waals surface area contributed by atoms with Gasteiger partial charge in [0.2, 0.25) is 5.91 Å². The minimum absolute atomic E-state index is 0.00622. The van der Waals surface area contributed by atoms with Crippen LogP contribution in [0.3, 0.4) is 0 Å². The van der Waals surface area contributed by atoms with Gasteiger partial charge in [-0.05, 0) is 12.0 Å². The Bertz CT molecular complexity index is 712. The molecule has 0 aliphatic carbocycles. The average molecular weight is 374 g/mol. The first kappa shape index (κ1) is 19.9. The summed E-state index contributed by atoms with van der Waals surface area (Å²) in [6, 6.07) is 10.0. The van der Waals surface area contributed by atoms with Crippen molar-refractivity contribution >= 4 is 23.2 Å². The van der Waals surface area contributed by atoms with Crippen LogP contribution in [0.4, 0.5) is 0 Å². The van der Waals surface area contributed by atoms with Crippen molar-refractivity contribution in [1.29, 1.82) is 0 Å². The third-order valence-corrected chi connectivity index (χ3v) is 4.95. The van der Waals surface area contributed by atoms with Crippen LogP contribution in [0.5, 0.6) is 0 Å². The van der Waals surface area contributed by atoms with Crippen LogP contribution in [-0.4, -0.2) is 48.9 Å². The molecular formula is C19H27N5OS. The Morgan fingerprint density at radius 3 is 2.65 bits per heavy atom. The van der Waals surface area contributed by atoms with Gasteiger partial charge in [-0.25, -0.2) is 9.98 Å². The number of thiazole rings is 1. The molecule has 140 valence electrons. The highest BCUT2D eigenvalue weighted by Gasteiger charge is 2.07. The Labute approximate surface area is 159 Å². The fraction of sp³-hybridized carbons (Fsp3) is 0.421. The average Bonchev–Trinajstić information content (AvgIpc) is 3.12. The molecule has 0 fully saturated rings. The number of nitrogens with one attached hydrogen (secondary N) is 2. The first-order valence-corrected chi connectivity index (χ1v) is 9.60. The number of rotatable bonds is 8. The molecule has 0 bridgehead atoms. The van der Waals surface area contributed by atoms with Crippen LogP contribution in [0.2, 0.25) is 0 Å². The lowest BCUT2D eigenvalue weighted by atomic mass is 10.2. The molecule has 0 radical (unpaired) electrons. The lowest BCUT2D eigenvalue weighted by molar-refractivity contribution is -0.127. The second-order valence-electron chi connectivity index (χ2n) is 6.04. The predicted molar refractivity (Wildman–Crippen MR) is 107 cm³/mol. The number of likely N-dealkylation sites (N-methyl/N-ethyl adjacent to an activating group) is 1. The number of aryl methyl sites for hydroxylation is 1. The molecule has 0 saturated carbocycles. The number of aliphatic imine (C=N–C) groups is 1. The minimum Gasteiger partial charge on any atom is -0.356 e. The highest BCUT2D eigenvalue weighted by molar-refractivity contribution is 7.11. The van der Waals surface area contributed by atoms with Gasteiger partial charge < -0.3 is 15.5 Å². The maximum Gasteiger partial charge on any atom is 0.241 e. The van der Waals surface area contributed by atoms with Gasteiger partial charge in [-0.15, -0.1) is 11.3 Å². The quantitative estimate of drug-likeness (QED) is 0.549. The van der Waals surface area contributed by atoms with E-state index < -0.39 is 0 Å². The van der Waals surface area contributed by atoms with E-state index in [-0.39, 0.29) is 12.5 Å². The smallest absolute Gasteiger partial charge is 0.241 e. The summed E-state index contributed by atoms with van der Waals surface area (Å²) in [5.74, 6) is 0.642. The number of aromatic nitrogens is 1. The standard InChI is InChI=1S/C19H27N5OS/c1-4-16-13-21-17(26-16)10-11-20-19(23-14-18(25)24(2)3)22-12-15-8-6-5-7-9-15/h5-9,13H,4,10-12,14H2,1-3H3,(H2,20,22,23). The molecule has 2 N–H and O–H groups in total. The third kappa shape index (κ3) is 6.84. The van der Waals surface area contributed by atoms with Crippen molar-refractivity contribution in [2.24, 2.45) is 4.99 Å². The Hall–Kier alpha value is -2.41. The Morgan fingerprint density at radius 2 is 2.00 bits per heavy atom. The lowest BCUT2D eigenvalue weighted by Crippen LogP contribution is -2.43. The van der Waals surface area contributed by atoms with Crippen LogP contribution in [0.25, 0.3) is 0 Å². The summed E-state index contributed by atoms with van der Waals surface area (Å²) in [6.45, 7) is 3.62. The Morgan fingerprint density at radius 1 is 1.23 bits per heavy atom. The van der Waals surface area contributed by atoms with Gasteiger partial charge >= 0.3 is 0 Å². The molecule has 1 heterocycles. The molecule has 2 aromatic rings. The highest BCUT2D eigenvalue weighted by atomic mass is 32.1. The van der Waals surface area contributed by atoms with E-state index >= 15 is 0 Å². The number of guanidine groups is 1. The molecule has 7 heteroatoms. The van der Waals surface area contributed by atoms with Gasteiger partial charge in [0, 0.05) is 38.1 Å². The topological polar surface area (TPSA) is 69.6 Å². The second-order valence-corrected chi connectivity index (χ2v) is 7.24. The molecule has 26 heavy (non-hydrogen) atoms.